The Morgan fingerprint density at radius 1 is 1.02 bits per heavy atom. The third-order valence-corrected chi connectivity index (χ3v) is 7.48. The average molecular weight is 555 g/mol. The van der Waals surface area contributed by atoms with Crippen molar-refractivity contribution in [1.82, 2.24) is 15.8 Å². The van der Waals surface area contributed by atoms with Crippen LogP contribution in [0.1, 0.15) is 60.2 Å². The van der Waals surface area contributed by atoms with Crippen LogP contribution in [0, 0.1) is 0 Å². The van der Waals surface area contributed by atoms with Crippen molar-refractivity contribution in [2.75, 3.05) is 5.32 Å². The quantitative estimate of drug-likeness (QED) is 0.105. The van der Waals surface area contributed by atoms with Gasteiger partial charge in [0.05, 0.1) is 16.3 Å². The minimum absolute atomic E-state index is 0.0417. The molecule has 7 nitrogen and oxygen atoms in total. The largest absolute Gasteiger partial charge is 0.343 e. The van der Waals surface area contributed by atoms with Crippen molar-refractivity contribution in [3.63, 3.8) is 0 Å². The number of carbonyl (C=O) groups excluding carboxylic acids is 2. The molecule has 1 aromatic heterocycles. The van der Waals surface area contributed by atoms with Crippen LogP contribution in [0.25, 0.3) is 10.2 Å². The number of hydrogen-bond acceptors (Lipinski definition) is 6. The minimum Gasteiger partial charge on any atom is -0.343 e. The summed E-state index contributed by atoms with van der Waals surface area (Å²) < 4.78 is 0.794. The fourth-order valence-electron chi connectivity index (χ4n) is 4.16. The van der Waals surface area contributed by atoms with Crippen LogP contribution in [0.3, 0.4) is 0 Å². The number of hydrogen-bond donors (Lipinski definition) is 4. The van der Waals surface area contributed by atoms with Crippen LogP contribution in [0.2, 0.25) is 0 Å². The normalized spacial score (nSPS) is 12.9. The van der Waals surface area contributed by atoms with E-state index in [-0.39, 0.29) is 23.3 Å². The molecule has 0 bridgehead atoms. The van der Waals surface area contributed by atoms with Gasteiger partial charge < -0.3 is 10.6 Å². The molecule has 0 fully saturated rings. The zero-order valence-corrected chi connectivity index (χ0v) is 23.9. The molecule has 0 aliphatic carbocycles. The Balaban J connectivity index is 1.48. The topological polar surface area (TPSA) is 103 Å². The van der Waals surface area contributed by atoms with Crippen LogP contribution in [-0.2, 0) is 16.6 Å². The molecular formula is C32H34N4O3S. The Hall–Kier alpha value is -4.27. The van der Waals surface area contributed by atoms with E-state index in [1.807, 2.05) is 60.9 Å². The molecule has 0 aliphatic heterocycles. The van der Waals surface area contributed by atoms with Crippen molar-refractivity contribution in [2.45, 2.75) is 45.6 Å². The molecule has 1 unspecified atom stereocenters. The number of allylic oxidation sites excluding steroid dienone is 2. The van der Waals surface area contributed by atoms with Crippen LogP contribution in [0.5, 0.6) is 0 Å². The van der Waals surface area contributed by atoms with Crippen LogP contribution < -0.4 is 16.1 Å². The van der Waals surface area contributed by atoms with Crippen molar-refractivity contribution in [2.24, 2.45) is 0 Å². The number of thiazole rings is 1. The Labute approximate surface area is 238 Å². The molecular weight excluding hydrogens is 520 g/mol. The van der Waals surface area contributed by atoms with Gasteiger partial charge in [-0.05, 0) is 53.3 Å². The van der Waals surface area contributed by atoms with Gasteiger partial charge in [0.2, 0.25) is 0 Å². The summed E-state index contributed by atoms with van der Waals surface area (Å²) in [6, 6.07) is 23.2. The van der Waals surface area contributed by atoms with E-state index in [1.54, 1.807) is 24.3 Å². The van der Waals surface area contributed by atoms with E-state index in [0.717, 1.165) is 15.8 Å². The number of aromatic nitrogens is 1. The molecule has 2 amide bonds. The molecule has 3 aromatic carbocycles. The van der Waals surface area contributed by atoms with Gasteiger partial charge in [0.25, 0.3) is 11.8 Å². The fourth-order valence-corrected chi connectivity index (χ4v) is 5.07. The number of nitrogens with zero attached hydrogens (tertiary/aromatic N) is 1. The highest BCUT2D eigenvalue weighted by Gasteiger charge is 2.17. The lowest BCUT2D eigenvalue weighted by molar-refractivity contribution is -0.112. The van der Waals surface area contributed by atoms with Gasteiger partial charge in [0.1, 0.15) is 0 Å². The second-order valence-electron chi connectivity index (χ2n) is 10.6. The van der Waals surface area contributed by atoms with Crippen molar-refractivity contribution in [3.05, 3.63) is 118 Å². The smallest absolute Gasteiger partial charge is 0.280 e. The van der Waals surface area contributed by atoms with Crippen molar-refractivity contribution >= 4 is 39.1 Å². The fraction of sp³-hybridized carbons (Fsp3) is 0.219. The third kappa shape index (κ3) is 7.43. The maximum atomic E-state index is 13.3. The highest BCUT2D eigenvalue weighted by Crippen LogP contribution is 2.27. The zero-order chi connectivity index (χ0) is 28.7. The van der Waals surface area contributed by atoms with E-state index in [1.165, 1.54) is 23.1 Å². The lowest BCUT2D eigenvalue weighted by atomic mass is 9.86. The molecule has 4 rings (SSSR count). The van der Waals surface area contributed by atoms with Gasteiger partial charge in [-0.2, -0.15) is 0 Å². The second-order valence-corrected chi connectivity index (χ2v) is 11.6. The number of carbonyl (C=O) groups is 2. The molecule has 40 heavy (non-hydrogen) atoms. The first-order chi connectivity index (χ1) is 19.1. The molecule has 4 N–H and O–H groups in total. The van der Waals surface area contributed by atoms with E-state index in [4.69, 9.17) is 5.21 Å². The Kier molecular flexibility index (Phi) is 9.14. The molecule has 1 heterocycles. The van der Waals surface area contributed by atoms with Gasteiger partial charge in [0, 0.05) is 23.9 Å². The molecule has 1 atom stereocenters. The highest BCUT2D eigenvalue weighted by molar-refractivity contribution is 7.20. The lowest BCUT2D eigenvalue weighted by Crippen LogP contribution is -2.26. The zero-order valence-electron chi connectivity index (χ0n) is 23.1. The molecule has 0 saturated carbocycles. The minimum atomic E-state index is -0.263. The van der Waals surface area contributed by atoms with Crippen LogP contribution >= 0.6 is 11.3 Å². The molecule has 4 aromatic rings. The molecule has 8 heteroatoms. The van der Waals surface area contributed by atoms with Crippen molar-refractivity contribution < 1.29 is 14.8 Å². The number of rotatable bonds is 9. The standard InChI is InChI=1S/C32H34N4O3S/c1-21(23-9-6-5-7-10-23)34-30(38)31-36-27-17-16-26(20-28(27)40-31)35-29(37)24(11-8-18-33-39)19-22-12-14-25(15-13-22)32(2,3)4/h5-18,20-21,33,39H,19H2,1-4H3,(H,34,38)(H,35,37)/b18-8-,24-11+. The van der Waals surface area contributed by atoms with E-state index in [9.17, 15) is 9.59 Å². The van der Waals surface area contributed by atoms with Gasteiger partial charge in [-0.3, -0.25) is 20.3 Å². The Morgan fingerprint density at radius 3 is 2.42 bits per heavy atom. The van der Waals surface area contributed by atoms with E-state index < -0.39 is 0 Å². The summed E-state index contributed by atoms with van der Waals surface area (Å²) >= 11 is 1.28. The van der Waals surface area contributed by atoms with Gasteiger partial charge >= 0.3 is 0 Å². The van der Waals surface area contributed by atoms with Crippen molar-refractivity contribution in [1.29, 1.82) is 0 Å². The first-order valence-corrected chi connectivity index (χ1v) is 13.9. The highest BCUT2D eigenvalue weighted by atomic mass is 32.1. The SMILES string of the molecule is CC(NC(=O)c1nc2ccc(NC(=O)/C(=C/C=C\NO)Cc3ccc(C(C)(C)C)cc3)cc2s1)c1ccccc1. The number of anilines is 1. The van der Waals surface area contributed by atoms with Crippen LogP contribution in [0.4, 0.5) is 5.69 Å². The maximum Gasteiger partial charge on any atom is 0.280 e. The summed E-state index contributed by atoms with van der Waals surface area (Å²) in [6.45, 7) is 8.42. The molecule has 0 aliphatic rings. The predicted octanol–water partition coefficient (Wildman–Crippen LogP) is 6.68. The molecule has 0 saturated heterocycles. The summed E-state index contributed by atoms with van der Waals surface area (Å²) in [5, 5.41) is 15.2. The van der Waals surface area contributed by atoms with Gasteiger partial charge in [-0.1, -0.05) is 81.4 Å². The summed E-state index contributed by atoms with van der Waals surface area (Å²) in [5.74, 6) is -0.504. The van der Waals surface area contributed by atoms with E-state index >= 15 is 0 Å². The van der Waals surface area contributed by atoms with Gasteiger partial charge in [-0.25, -0.2) is 4.98 Å². The third-order valence-electron chi connectivity index (χ3n) is 6.46. The van der Waals surface area contributed by atoms with E-state index in [2.05, 4.69) is 48.5 Å². The van der Waals surface area contributed by atoms with Gasteiger partial charge in [-0.15, -0.1) is 11.3 Å². The summed E-state index contributed by atoms with van der Waals surface area (Å²) in [5.41, 5.74) is 7.04. The number of nitrogens with one attached hydrogen (secondary N) is 3. The molecule has 206 valence electrons. The second kappa shape index (κ2) is 12.7. The summed E-state index contributed by atoms with van der Waals surface area (Å²) in [7, 11) is 0. The van der Waals surface area contributed by atoms with Crippen molar-refractivity contribution in [3.8, 4) is 0 Å². The summed E-state index contributed by atoms with van der Waals surface area (Å²) in [6.07, 6.45) is 4.99. The Morgan fingerprint density at radius 2 is 1.75 bits per heavy atom. The first-order valence-electron chi connectivity index (χ1n) is 13.1. The maximum absolute atomic E-state index is 13.3. The average Bonchev–Trinajstić information content (AvgIpc) is 3.36. The van der Waals surface area contributed by atoms with Crippen LogP contribution in [-0.4, -0.2) is 22.0 Å². The predicted molar refractivity (Wildman–Crippen MR) is 162 cm³/mol. The number of amides is 2. The molecule has 0 spiro atoms. The summed E-state index contributed by atoms with van der Waals surface area (Å²) in [4.78, 5) is 30.6. The van der Waals surface area contributed by atoms with E-state index in [0.29, 0.717) is 28.2 Å². The lowest BCUT2D eigenvalue weighted by Gasteiger charge is -2.19. The van der Waals surface area contributed by atoms with Crippen LogP contribution in [0.15, 0.2) is 96.7 Å². The first kappa shape index (κ1) is 28.7. The van der Waals surface area contributed by atoms with Gasteiger partial charge in [0.15, 0.2) is 5.01 Å². The number of hydroxylamine groups is 1. The Bertz CT molecular complexity index is 1530. The molecule has 0 radical (unpaired) electrons. The number of fused-ring (bicyclic) bond motifs is 1. The monoisotopic (exact) mass is 554 g/mol. The number of benzene rings is 3.